The number of hydrogen-bond acceptors (Lipinski definition) is 2. The summed E-state index contributed by atoms with van der Waals surface area (Å²) in [6.45, 7) is 2.06. The van der Waals surface area contributed by atoms with E-state index >= 15 is 0 Å². The molecule has 3 N–H and O–H groups in total. The highest BCUT2D eigenvalue weighted by molar-refractivity contribution is 5.82. The van der Waals surface area contributed by atoms with Gasteiger partial charge in [0, 0.05) is 5.92 Å². The van der Waals surface area contributed by atoms with Crippen LogP contribution in [0.25, 0.3) is 0 Å². The molecule has 0 radical (unpaired) electrons. The first-order valence-electron chi connectivity index (χ1n) is 4.79. The van der Waals surface area contributed by atoms with Crippen LogP contribution in [-0.4, -0.2) is 5.91 Å². The lowest BCUT2D eigenvalue weighted by atomic mass is 10.1. The number of nitrogens with two attached hydrogens (primary N) is 1. The predicted octanol–water partition coefficient (Wildman–Crippen LogP) is 1.09. The van der Waals surface area contributed by atoms with Crippen molar-refractivity contribution in [3.8, 4) is 0 Å². The van der Waals surface area contributed by atoms with E-state index in [0.29, 0.717) is 5.92 Å². The van der Waals surface area contributed by atoms with Gasteiger partial charge in [0.25, 0.3) is 0 Å². The van der Waals surface area contributed by atoms with E-state index in [2.05, 4.69) is 36.6 Å². The summed E-state index contributed by atoms with van der Waals surface area (Å²) in [6, 6.07) is 8.32. The van der Waals surface area contributed by atoms with E-state index in [0.717, 1.165) is 6.42 Å². The molecule has 2 rings (SSSR count). The first kappa shape index (κ1) is 9.21. The minimum atomic E-state index is -0.0458. The lowest BCUT2D eigenvalue weighted by Gasteiger charge is -2.00. The van der Waals surface area contributed by atoms with Gasteiger partial charge in [0.05, 0.1) is 0 Å². The number of rotatable bonds is 2. The maximum Gasteiger partial charge on any atom is 0.237 e. The van der Waals surface area contributed by atoms with Crippen molar-refractivity contribution in [1.82, 2.24) is 5.43 Å². The van der Waals surface area contributed by atoms with Gasteiger partial charge in [-0.05, 0) is 24.8 Å². The average molecular weight is 190 g/mol. The summed E-state index contributed by atoms with van der Waals surface area (Å²) >= 11 is 0. The van der Waals surface area contributed by atoms with E-state index in [4.69, 9.17) is 5.84 Å². The molecule has 0 spiro atoms. The molecule has 14 heavy (non-hydrogen) atoms. The van der Waals surface area contributed by atoms with Crippen LogP contribution in [0.2, 0.25) is 0 Å². The minimum Gasteiger partial charge on any atom is -0.294 e. The highest BCUT2D eigenvalue weighted by Gasteiger charge is 2.43. The second-order valence-corrected chi connectivity index (χ2v) is 3.87. The van der Waals surface area contributed by atoms with E-state index in [1.165, 1.54) is 11.1 Å². The Bertz CT molecular complexity index is 345. The van der Waals surface area contributed by atoms with Crippen molar-refractivity contribution < 1.29 is 4.79 Å². The molecule has 1 aromatic carbocycles. The zero-order chi connectivity index (χ0) is 10.1. The van der Waals surface area contributed by atoms with Gasteiger partial charge in [0.15, 0.2) is 0 Å². The molecule has 1 aromatic rings. The summed E-state index contributed by atoms with van der Waals surface area (Å²) in [5.41, 5.74) is 4.68. The van der Waals surface area contributed by atoms with Crippen molar-refractivity contribution in [2.45, 2.75) is 19.3 Å². The second kappa shape index (κ2) is 3.42. The Labute approximate surface area is 83.3 Å². The lowest BCUT2D eigenvalue weighted by Crippen LogP contribution is -2.31. The van der Waals surface area contributed by atoms with Gasteiger partial charge >= 0.3 is 0 Å². The number of hydrazine groups is 1. The largest absolute Gasteiger partial charge is 0.294 e. The van der Waals surface area contributed by atoms with E-state index in [1.807, 2.05) is 0 Å². The monoisotopic (exact) mass is 190 g/mol. The summed E-state index contributed by atoms with van der Waals surface area (Å²) < 4.78 is 0. The molecule has 3 nitrogen and oxygen atoms in total. The van der Waals surface area contributed by atoms with Crippen LogP contribution in [0.15, 0.2) is 24.3 Å². The van der Waals surface area contributed by atoms with Gasteiger partial charge in [-0.25, -0.2) is 5.84 Å². The van der Waals surface area contributed by atoms with Crippen molar-refractivity contribution in [3.05, 3.63) is 35.4 Å². The molecule has 1 saturated carbocycles. The molecule has 0 aliphatic heterocycles. The molecular formula is C11H14N2O. The SMILES string of the molecule is Cc1ccc([C@H]2C[C@H]2C(=O)NN)cc1. The number of carbonyl (C=O) groups is 1. The summed E-state index contributed by atoms with van der Waals surface area (Å²) in [6.07, 6.45) is 0.923. The molecule has 1 amide bonds. The minimum absolute atomic E-state index is 0.0458. The molecule has 0 unspecified atom stereocenters. The van der Waals surface area contributed by atoms with Crippen LogP contribution in [-0.2, 0) is 4.79 Å². The molecule has 2 atom stereocenters. The molecule has 0 aromatic heterocycles. The topological polar surface area (TPSA) is 55.1 Å². The first-order chi connectivity index (χ1) is 6.72. The number of hydrogen-bond donors (Lipinski definition) is 2. The number of aryl methyl sites for hydroxylation is 1. The van der Waals surface area contributed by atoms with Crippen LogP contribution < -0.4 is 11.3 Å². The van der Waals surface area contributed by atoms with Gasteiger partial charge in [-0.1, -0.05) is 29.8 Å². The third kappa shape index (κ3) is 1.63. The maximum absolute atomic E-state index is 11.2. The van der Waals surface area contributed by atoms with Gasteiger partial charge in [-0.2, -0.15) is 0 Å². The molecule has 3 heteroatoms. The van der Waals surface area contributed by atoms with Gasteiger partial charge in [0.1, 0.15) is 0 Å². The normalized spacial score (nSPS) is 24.4. The number of amides is 1. The Balaban J connectivity index is 2.06. The van der Waals surface area contributed by atoms with Crippen molar-refractivity contribution >= 4 is 5.91 Å². The molecule has 0 saturated heterocycles. The summed E-state index contributed by atoms with van der Waals surface area (Å²) in [4.78, 5) is 11.2. The molecule has 1 aliphatic rings. The lowest BCUT2D eigenvalue weighted by molar-refractivity contribution is -0.122. The predicted molar refractivity (Wildman–Crippen MR) is 54.4 cm³/mol. The van der Waals surface area contributed by atoms with Crippen LogP contribution >= 0.6 is 0 Å². The van der Waals surface area contributed by atoms with Crippen molar-refractivity contribution in [2.75, 3.05) is 0 Å². The molecule has 74 valence electrons. The smallest absolute Gasteiger partial charge is 0.237 e. The van der Waals surface area contributed by atoms with E-state index in [1.54, 1.807) is 0 Å². The Kier molecular flexibility index (Phi) is 2.25. The molecule has 1 aliphatic carbocycles. The highest BCUT2D eigenvalue weighted by Crippen LogP contribution is 2.47. The fraction of sp³-hybridized carbons (Fsp3) is 0.364. The second-order valence-electron chi connectivity index (χ2n) is 3.87. The molecule has 0 heterocycles. The molecular weight excluding hydrogens is 176 g/mol. The maximum atomic E-state index is 11.2. The van der Waals surface area contributed by atoms with Crippen molar-refractivity contribution in [1.29, 1.82) is 0 Å². The average Bonchev–Trinajstić information content (AvgIpc) is 2.98. The van der Waals surface area contributed by atoms with Crippen LogP contribution in [0.4, 0.5) is 0 Å². The Morgan fingerprint density at radius 2 is 2.07 bits per heavy atom. The summed E-state index contributed by atoms with van der Waals surface area (Å²) in [5.74, 6) is 5.49. The van der Waals surface area contributed by atoms with E-state index < -0.39 is 0 Å². The van der Waals surface area contributed by atoms with Crippen LogP contribution in [0.5, 0.6) is 0 Å². The zero-order valence-electron chi connectivity index (χ0n) is 8.16. The fourth-order valence-electron chi connectivity index (χ4n) is 1.77. The van der Waals surface area contributed by atoms with E-state index in [9.17, 15) is 4.79 Å². The fourth-order valence-corrected chi connectivity index (χ4v) is 1.77. The Morgan fingerprint density at radius 1 is 1.43 bits per heavy atom. The van der Waals surface area contributed by atoms with Gasteiger partial charge in [-0.3, -0.25) is 10.2 Å². The number of carbonyl (C=O) groups excluding carboxylic acids is 1. The molecule has 0 bridgehead atoms. The van der Waals surface area contributed by atoms with E-state index in [-0.39, 0.29) is 11.8 Å². The van der Waals surface area contributed by atoms with Gasteiger partial charge in [-0.15, -0.1) is 0 Å². The van der Waals surface area contributed by atoms with Crippen LogP contribution in [0.3, 0.4) is 0 Å². The molecule has 1 fully saturated rings. The highest BCUT2D eigenvalue weighted by atomic mass is 16.2. The zero-order valence-corrected chi connectivity index (χ0v) is 8.16. The van der Waals surface area contributed by atoms with Crippen LogP contribution in [0.1, 0.15) is 23.5 Å². The standard InChI is InChI=1S/C11H14N2O/c1-7-2-4-8(5-3-7)9-6-10(9)11(14)13-12/h2-5,9-10H,6,12H2,1H3,(H,13,14)/t9-,10-/m1/s1. The number of benzene rings is 1. The summed E-state index contributed by atoms with van der Waals surface area (Å²) in [7, 11) is 0. The number of nitrogens with one attached hydrogen (secondary N) is 1. The van der Waals surface area contributed by atoms with Gasteiger partial charge < -0.3 is 0 Å². The van der Waals surface area contributed by atoms with Crippen molar-refractivity contribution in [3.63, 3.8) is 0 Å². The van der Waals surface area contributed by atoms with Crippen molar-refractivity contribution in [2.24, 2.45) is 11.8 Å². The van der Waals surface area contributed by atoms with Crippen LogP contribution in [0, 0.1) is 12.8 Å². The third-order valence-corrected chi connectivity index (χ3v) is 2.77. The first-order valence-corrected chi connectivity index (χ1v) is 4.79. The van der Waals surface area contributed by atoms with Gasteiger partial charge in [0.2, 0.25) is 5.91 Å². The third-order valence-electron chi connectivity index (χ3n) is 2.77. The summed E-state index contributed by atoms with van der Waals surface area (Å²) in [5, 5.41) is 0. The Morgan fingerprint density at radius 3 is 2.64 bits per heavy atom. The Hall–Kier alpha value is -1.35. The quantitative estimate of drug-likeness (QED) is 0.416.